The van der Waals surface area contributed by atoms with Crippen molar-refractivity contribution in [1.29, 1.82) is 0 Å². The summed E-state index contributed by atoms with van der Waals surface area (Å²) < 4.78 is 18.3. The van der Waals surface area contributed by atoms with Crippen molar-refractivity contribution in [3.05, 3.63) is 41.3 Å². The first kappa shape index (κ1) is 15.4. The van der Waals surface area contributed by atoms with Gasteiger partial charge in [0.1, 0.15) is 22.0 Å². The van der Waals surface area contributed by atoms with E-state index in [1.165, 1.54) is 12.1 Å². The minimum Gasteiger partial charge on any atom is -0.384 e. The third-order valence-corrected chi connectivity index (χ3v) is 5.26. The van der Waals surface area contributed by atoms with E-state index in [0.29, 0.717) is 6.61 Å². The van der Waals surface area contributed by atoms with Gasteiger partial charge in [0.25, 0.3) is 0 Å². The molecule has 1 aromatic carbocycles. The van der Waals surface area contributed by atoms with Crippen molar-refractivity contribution in [1.82, 2.24) is 9.97 Å². The van der Waals surface area contributed by atoms with Crippen molar-refractivity contribution in [2.75, 3.05) is 19.5 Å². The summed E-state index contributed by atoms with van der Waals surface area (Å²) in [7, 11) is 1.69. The molecule has 0 saturated carbocycles. The minimum absolute atomic E-state index is 0.230. The molecule has 0 N–H and O–H groups in total. The molecule has 114 valence electrons. The Hall–Kier alpha value is -1.50. The smallest absolute Gasteiger partial charge is 0.128 e. The Bertz CT molecular complexity index is 787. The molecule has 22 heavy (non-hydrogen) atoms. The Morgan fingerprint density at radius 2 is 2.00 bits per heavy atom. The molecule has 2 heterocycles. The fourth-order valence-electron chi connectivity index (χ4n) is 2.31. The number of hydrogen-bond acceptors (Lipinski definition) is 5. The number of benzene rings is 1. The highest BCUT2D eigenvalue weighted by Gasteiger charge is 2.16. The minimum atomic E-state index is -0.230. The van der Waals surface area contributed by atoms with Crippen LogP contribution in [-0.2, 0) is 4.74 Å². The van der Waals surface area contributed by atoms with Gasteiger partial charge in [-0.15, -0.1) is 23.1 Å². The largest absolute Gasteiger partial charge is 0.384 e. The average Bonchev–Trinajstić information content (AvgIpc) is 2.85. The van der Waals surface area contributed by atoms with E-state index in [9.17, 15) is 4.39 Å². The van der Waals surface area contributed by atoms with E-state index >= 15 is 0 Å². The fraction of sp³-hybridized carbons (Fsp3) is 0.250. The number of thioether (sulfide) groups is 1. The molecule has 3 nitrogen and oxygen atoms in total. The zero-order chi connectivity index (χ0) is 15.5. The molecule has 0 unspecified atom stereocenters. The van der Waals surface area contributed by atoms with Crippen LogP contribution in [0.25, 0.3) is 21.3 Å². The first-order valence-corrected chi connectivity index (χ1v) is 8.62. The number of nitrogens with zero attached hydrogens (tertiary/aromatic N) is 2. The Morgan fingerprint density at radius 1 is 1.23 bits per heavy atom. The quantitative estimate of drug-likeness (QED) is 0.390. The zero-order valence-corrected chi connectivity index (χ0v) is 13.9. The van der Waals surface area contributed by atoms with E-state index in [4.69, 9.17) is 4.74 Å². The Morgan fingerprint density at radius 3 is 2.73 bits per heavy atom. The Labute approximate surface area is 136 Å². The van der Waals surface area contributed by atoms with Crippen molar-refractivity contribution >= 4 is 33.3 Å². The van der Waals surface area contributed by atoms with Gasteiger partial charge in [-0.05, 0) is 24.6 Å². The molecule has 3 rings (SSSR count). The number of ether oxygens (including phenoxy) is 1. The van der Waals surface area contributed by atoms with Crippen molar-refractivity contribution in [2.24, 2.45) is 0 Å². The summed E-state index contributed by atoms with van der Waals surface area (Å²) in [5.41, 5.74) is 2.09. The van der Waals surface area contributed by atoms with Crippen molar-refractivity contribution in [2.45, 2.75) is 11.9 Å². The maximum absolute atomic E-state index is 13.2. The molecule has 0 aliphatic rings. The number of methoxy groups -OCH3 is 1. The van der Waals surface area contributed by atoms with E-state index in [1.807, 2.05) is 0 Å². The van der Waals surface area contributed by atoms with Gasteiger partial charge in [0.15, 0.2) is 0 Å². The molecule has 0 saturated heterocycles. The molecular formula is C16H15FN2OS2. The first-order valence-electron chi connectivity index (χ1n) is 6.82. The summed E-state index contributed by atoms with van der Waals surface area (Å²) in [6.07, 6.45) is 1.60. The van der Waals surface area contributed by atoms with Crippen molar-refractivity contribution < 1.29 is 9.13 Å². The topological polar surface area (TPSA) is 35.0 Å². The molecular weight excluding hydrogens is 319 g/mol. The maximum Gasteiger partial charge on any atom is 0.128 e. The van der Waals surface area contributed by atoms with Crippen LogP contribution in [0.1, 0.15) is 4.88 Å². The molecule has 0 aliphatic carbocycles. The van der Waals surface area contributed by atoms with Crippen LogP contribution >= 0.6 is 23.1 Å². The highest BCUT2D eigenvalue weighted by atomic mass is 32.2. The van der Waals surface area contributed by atoms with Crippen LogP contribution in [0.4, 0.5) is 4.39 Å². The molecule has 2 aromatic heterocycles. The van der Waals surface area contributed by atoms with E-state index in [-0.39, 0.29) is 5.82 Å². The van der Waals surface area contributed by atoms with Gasteiger partial charge in [-0.3, -0.25) is 0 Å². The lowest BCUT2D eigenvalue weighted by molar-refractivity contribution is 0.218. The highest BCUT2D eigenvalue weighted by molar-refractivity contribution is 7.99. The van der Waals surface area contributed by atoms with Crippen molar-refractivity contribution in [3.8, 4) is 11.1 Å². The van der Waals surface area contributed by atoms with Gasteiger partial charge >= 0.3 is 0 Å². The summed E-state index contributed by atoms with van der Waals surface area (Å²) in [6, 6.07) is 6.58. The molecule has 6 heteroatoms. The van der Waals surface area contributed by atoms with Gasteiger partial charge in [0.05, 0.1) is 12.0 Å². The van der Waals surface area contributed by atoms with Crippen LogP contribution in [-0.4, -0.2) is 29.4 Å². The van der Waals surface area contributed by atoms with Gasteiger partial charge in [0.2, 0.25) is 0 Å². The summed E-state index contributed by atoms with van der Waals surface area (Å²) >= 11 is 3.30. The number of aromatic nitrogens is 2. The zero-order valence-electron chi connectivity index (χ0n) is 12.3. The summed E-state index contributed by atoms with van der Waals surface area (Å²) in [5, 5.41) is 2.00. The van der Waals surface area contributed by atoms with Gasteiger partial charge in [-0.1, -0.05) is 12.1 Å². The summed E-state index contributed by atoms with van der Waals surface area (Å²) in [4.78, 5) is 10.9. The van der Waals surface area contributed by atoms with Gasteiger partial charge in [0, 0.05) is 23.3 Å². The number of rotatable bonds is 5. The highest BCUT2D eigenvalue weighted by Crippen LogP contribution is 2.41. The van der Waals surface area contributed by atoms with E-state index in [1.54, 1.807) is 48.7 Å². The number of thiophene rings is 1. The molecule has 0 amide bonds. The predicted octanol–water partition coefficient (Wildman–Crippen LogP) is 4.54. The third-order valence-electron chi connectivity index (χ3n) is 3.29. The lowest BCUT2D eigenvalue weighted by atomic mass is 10.0. The van der Waals surface area contributed by atoms with Crippen molar-refractivity contribution in [3.63, 3.8) is 0 Å². The molecule has 3 aromatic rings. The summed E-state index contributed by atoms with van der Waals surface area (Å²) in [5.74, 6) is 0.604. The molecule has 0 radical (unpaired) electrons. The Balaban J connectivity index is 2.12. The van der Waals surface area contributed by atoms with E-state index < -0.39 is 0 Å². The fourth-order valence-corrected chi connectivity index (χ4v) is 4.30. The molecule has 0 bridgehead atoms. The number of hydrogen-bond donors (Lipinski definition) is 0. The molecule has 0 aliphatic heterocycles. The second kappa shape index (κ2) is 6.73. The molecule has 0 spiro atoms. The van der Waals surface area contributed by atoms with Crippen LogP contribution in [0.15, 0.2) is 35.6 Å². The molecule has 0 fully saturated rings. The lowest BCUT2D eigenvalue weighted by Gasteiger charge is -2.06. The average molecular weight is 334 g/mol. The second-order valence-electron chi connectivity index (χ2n) is 4.74. The van der Waals surface area contributed by atoms with Crippen LogP contribution in [0.3, 0.4) is 0 Å². The SMILES string of the molecule is COCCSc1ncnc2sc(C)c(-c3ccc(F)cc3)c12. The lowest BCUT2D eigenvalue weighted by Crippen LogP contribution is -1.93. The van der Waals surface area contributed by atoms with Gasteiger partial charge < -0.3 is 4.74 Å². The van der Waals surface area contributed by atoms with E-state index in [0.717, 1.165) is 37.0 Å². The van der Waals surface area contributed by atoms with Gasteiger partial charge in [-0.2, -0.15) is 0 Å². The monoisotopic (exact) mass is 334 g/mol. The number of fused-ring (bicyclic) bond motifs is 1. The van der Waals surface area contributed by atoms with E-state index in [2.05, 4.69) is 16.9 Å². The van der Waals surface area contributed by atoms with Crippen LogP contribution in [0.2, 0.25) is 0 Å². The maximum atomic E-state index is 13.2. The van der Waals surface area contributed by atoms with Gasteiger partial charge in [-0.25, -0.2) is 14.4 Å². The second-order valence-corrected chi connectivity index (χ2v) is 7.03. The van der Waals surface area contributed by atoms with Crippen LogP contribution in [0, 0.1) is 12.7 Å². The number of aryl methyl sites for hydroxylation is 1. The Kier molecular flexibility index (Phi) is 4.71. The first-order chi connectivity index (χ1) is 10.7. The summed E-state index contributed by atoms with van der Waals surface area (Å²) in [6.45, 7) is 2.74. The van der Waals surface area contributed by atoms with Crippen LogP contribution in [0.5, 0.6) is 0 Å². The predicted molar refractivity (Wildman–Crippen MR) is 90.1 cm³/mol. The normalized spacial score (nSPS) is 11.2. The standard InChI is InChI=1S/C16H15FN2OS2/c1-10-13(11-3-5-12(17)6-4-11)14-15(21-8-7-20-2)18-9-19-16(14)22-10/h3-6,9H,7-8H2,1-2H3. The third kappa shape index (κ3) is 2.99. The number of halogens is 1. The van der Waals surface area contributed by atoms with Crippen LogP contribution < -0.4 is 0 Å². The molecule has 0 atom stereocenters.